The second-order valence-electron chi connectivity index (χ2n) is 6.79. The molecule has 6 nitrogen and oxygen atoms in total. The lowest BCUT2D eigenvalue weighted by molar-refractivity contribution is 0.0454. The van der Waals surface area contributed by atoms with E-state index in [2.05, 4.69) is 15.9 Å². The van der Waals surface area contributed by atoms with Crippen LogP contribution in [0.4, 0.5) is 9.59 Å². The summed E-state index contributed by atoms with van der Waals surface area (Å²) >= 11 is 3.65. The Morgan fingerprint density at radius 1 is 1.00 bits per heavy atom. The third-order valence-corrected chi connectivity index (χ3v) is 6.01. The molecule has 0 aliphatic carbocycles. The quantitative estimate of drug-likeness (QED) is 0.667. The van der Waals surface area contributed by atoms with Crippen molar-refractivity contribution in [3.05, 3.63) is 10.2 Å². The zero-order valence-electron chi connectivity index (χ0n) is 12.8. The van der Waals surface area contributed by atoms with E-state index in [0.29, 0.717) is 13.1 Å². The molecule has 0 bridgehead atoms. The summed E-state index contributed by atoms with van der Waals surface area (Å²) in [6.07, 6.45) is -0.727. The summed E-state index contributed by atoms with van der Waals surface area (Å²) in [5, 5.41) is 0. The first-order chi connectivity index (χ1) is 9.52. The number of carbonyl (C=O) groups excluding carboxylic acids is 2. The highest BCUT2D eigenvalue weighted by atomic mass is 79.9. The van der Waals surface area contributed by atoms with Crippen molar-refractivity contribution < 1.29 is 19.1 Å². The Labute approximate surface area is 132 Å². The molecule has 116 valence electrons. The van der Waals surface area contributed by atoms with E-state index in [4.69, 9.17) is 9.47 Å². The lowest BCUT2D eigenvalue weighted by Gasteiger charge is -2.40. The number of halogens is 1. The molecule has 2 amide bonds. The number of hydrogen-bond donors (Lipinski definition) is 0. The van der Waals surface area contributed by atoms with Crippen LogP contribution in [0.2, 0.25) is 0 Å². The molecule has 0 N–H and O–H groups in total. The van der Waals surface area contributed by atoms with Crippen molar-refractivity contribution in [1.29, 1.82) is 0 Å². The van der Waals surface area contributed by atoms with Gasteiger partial charge < -0.3 is 9.47 Å². The van der Waals surface area contributed by atoms with E-state index in [-0.39, 0.29) is 12.2 Å². The molecule has 3 rings (SSSR count). The van der Waals surface area contributed by atoms with Gasteiger partial charge in [0.2, 0.25) is 0 Å². The molecule has 0 aromatic rings. The number of ether oxygens (including phenoxy) is 2. The highest BCUT2D eigenvalue weighted by Gasteiger charge is 2.63. The van der Waals surface area contributed by atoms with Gasteiger partial charge in [0.25, 0.3) is 0 Å². The number of carbonyl (C=O) groups is 2. The summed E-state index contributed by atoms with van der Waals surface area (Å²) < 4.78 is 11.8. The number of fused-ring (bicyclic) bond motifs is 2. The van der Waals surface area contributed by atoms with Crippen LogP contribution >= 0.6 is 15.9 Å². The standard InChI is InChI=1S/C14H19BrN2O4/c1-12(2)9-8(15)14(5)13(3,4)21-11(19)17(14)7-6-16(9)10(18)20-12/h6-7H2,1-5H3. The molecule has 0 saturated carbocycles. The van der Waals surface area contributed by atoms with Gasteiger partial charge >= 0.3 is 12.2 Å². The highest BCUT2D eigenvalue weighted by molar-refractivity contribution is 9.11. The molecule has 0 aromatic heterocycles. The Balaban J connectivity index is 2.26. The van der Waals surface area contributed by atoms with Gasteiger partial charge in [-0.05, 0) is 34.6 Å². The molecule has 21 heavy (non-hydrogen) atoms. The molecule has 0 spiro atoms. The van der Waals surface area contributed by atoms with E-state index in [1.165, 1.54) is 0 Å². The summed E-state index contributed by atoms with van der Waals surface area (Å²) in [5.74, 6) is 0. The molecule has 7 heteroatoms. The summed E-state index contributed by atoms with van der Waals surface area (Å²) in [4.78, 5) is 27.6. The van der Waals surface area contributed by atoms with Crippen LogP contribution in [-0.2, 0) is 9.47 Å². The zero-order chi connectivity index (χ0) is 15.8. The third kappa shape index (κ3) is 1.64. The van der Waals surface area contributed by atoms with Crippen molar-refractivity contribution >= 4 is 28.1 Å². The molecule has 3 heterocycles. The third-order valence-electron chi connectivity index (χ3n) is 4.86. The van der Waals surface area contributed by atoms with Crippen LogP contribution in [-0.4, -0.2) is 51.8 Å². The Bertz CT molecular complexity index is 584. The SMILES string of the molecule is CC1(C)OC(=O)N2CCN3C(=O)OC(C)(C)C3(C)C(Br)=C21. The predicted octanol–water partition coefficient (Wildman–Crippen LogP) is 2.83. The molecule has 3 aliphatic rings. The fraction of sp³-hybridized carbons (Fsp3) is 0.714. The maximum Gasteiger partial charge on any atom is 0.415 e. The molecule has 0 aromatic carbocycles. The van der Waals surface area contributed by atoms with Crippen LogP contribution in [0.25, 0.3) is 0 Å². The largest absolute Gasteiger partial charge is 0.440 e. The van der Waals surface area contributed by atoms with Crippen molar-refractivity contribution in [3.63, 3.8) is 0 Å². The Hall–Kier alpha value is -1.24. The number of hydrogen-bond acceptors (Lipinski definition) is 4. The Morgan fingerprint density at radius 3 is 2.24 bits per heavy atom. The minimum Gasteiger partial charge on any atom is -0.440 e. The fourth-order valence-corrected chi connectivity index (χ4v) is 4.72. The number of cyclic esters (lactones) is 2. The van der Waals surface area contributed by atoms with Gasteiger partial charge in [0.05, 0.1) is 5.70 Å². The van der Waals surface area contributed by atoms with Gasteiger partial charge in [-0.1, -0.05) is 15.9 Å². The number of nitrogens with zero attached hydrogens (tertiary/aromatic N) is 2. The fourth-order valence-electron chi connectivity index (χ4n) is 3.33. The van der Waals surface area contributed by atoms with E-state index in [1.807, 2.05) is 34.6 Å². The first-order valence-corrected chi connectivity index (χ1v) is 7.73. The molecule has 3 aliphatic heterocycles. The van der Waals surface area contributed by atoms with E-state index in [9.17, 15) is 9.59 Å². The van der Waals surface area contributed by atoms with Crippen LogP contribution in [0.3, 0.4) is 0 Å². The van der Waals surface area contributed by atoms with Gasteiger partial charge in [-0.2, -0.15) is 0 Å². The van der Waals surface area contributed by atoms with Gasteiger partial charge in [0.15, 0.2) is 0 Å². The van der Waals surface area contributed by atoms with Gasteiger partial charge in [0.1, 0.15) is 16.7 Å². The lowest BCUT2D eigenvalue weighted by atomic mass is 9.81. The Kier molecular flexibility index (Phi) is 2.75. The minimum atomic E-state index is -0.739. The number of rotatable bonds is 0. The summed E-state index contributed by atoms with van der Waals surface area (Å²) in [6, 6.07) is 0. The van der Waals surface area contributed by atoms with E-state index in [1.54, 1.807) is 9.80 Å². The first kappa shape index (κ1) is 14.7. The van der Waals surface area contributed by atoms with Crippen molar-refractivity contribution in [3.8, 4) is 0 Å². The summed E-state index contributed by atoms with van der Waals surface area (Å²) in [7, 11) is 0. The molecule has 1 atom stereocenters. The summed E-state index contributed by atoms with van der Waals surface area (Å²) in [5.41, 5.74) is -1.37. The van der Waals surface area contributed by atoms with Crippen LogP contribution in [0.15, 0.2) is 10.2 Å². The van der Waals surface area contributed by atoms with Crippen molar-refractivity contribution in [2.45, 2.75) is 51.4 Å². The topological polar surface area (TPSA) is 59.1 Å². The molecule has 1 unspecified atom stereocenters. The van der Waals surface area contributed by atoms with Crippen LogP contribution in [0.5, 0.6) is 0 Å². The normalized spacial score (nSPS) is 33.4. The van der Waals surface area contributed by atoms with Gasteiger partial charge in [-0.15, -0.1) is 0 Å². The van der Waals surface area contributed by atoms with E-state index < -0.39 is 16.7 Å². The Morgan fingerprint density at radius 2 is 1.62 bits per heavy atom. The smallest absolute Gasteiger partial charge is 0.415 e. The minimum absolute atomic E-state index is 0.354. The van der Waals surface area contributed by atoms with Crippen LogP contribution in [0, 0.1) is 0 Å². The van der Waals surface area contributed by atoms with Gasteiger partial charge in [-0.25, -0.2) is 9.59 Å². The van der Waals surface area contributed by atoms with Crippen LogP contribution in [0.1, 0.15) is 34.6 Å². The van der Waals surface area contributed by atoms with Gasteiger partial charge in [0, 0.05) is 17.6 Å². The average Bonchev–Trinajstić information content (AvgIpc) is 2.58. The van der Waals surface area contributed by atoms with Crippen molar-refractivity contribution in [1.82, 2.24) is 9.80 Å². The second-order valence-corrected chi connectivity index (χ2v) is 7.59. The zero-order valence-corrected chi connectivity index (χ0v) is 14.4. The average molecular weight is 359 g/mol. The monoisotopic (exact) mass is 358 g/mol. The molecule has 0 radical (unpaired) electrons. The predicted molar refractivity (Wildman–Crippen MR) is 78.9 cm³/mol. The lowest BCUT2D eigenvalue weighted by Crippen LogP contribution is -2.54. The molecule has 2 saturated heterocycles. The molecular formula is C14H19BrN2O4. The second kappa shape index (κ2) is 3.94. The molecule has 2 fully saturated rings. The maximum atomic E-state index is 12.2. The summed E-state index contributed by atoms with van der Waals surface area (Å²) in [6.45, 7) is 10.2. The van der Waals surface area contributed by atoms with E-state index >= 15 is 0 Å². The number of amides is 2. The first-order valence-electron chi connectivity index (χ1n) is 6.94. The van der Waals surface area contributed by atoms with Crippen molar-refractivity contribution in [2.24, 2.45) is 0 Å². The van der Waals surface area contributed by atoms with Crippen molar-refractivity contribution in [2.75, 3.05) is 13.1 Å². The van der Waals surface area contributed by atoms with E-state index in [0.717, 1.165) is 10.2 Å². The highest BCUT2D eigenvalue weighted by Crippen LogP contribution is 2.52. The molecular weight excluding hydrogens is 340 g/mol. The van der Waals surface area contributed by atoms with Gasteiger partial charge in [-0.3, -0.25) is 9.80 Å². The van der Waals surface area contributed by atoms with Crippen LogP contribution < -0.4 is 0 Å². The maximum absolute atomic E-state index is 12.2.